The van der Waals surface area contributed by atoms with Gasteiger partial charge >= 0.3 is 0 Å². The second-order valence-electron chi connectivity index (χ2n) is 9.18. The molecule has 2 aliphatic heterocycles. The van der Waals surface area contributed by atoms with Gasteiger partial charge in [0.25, 0.3) is 0 Å². The maximum Gasteiger partial charge on any atom is 0.149 e. The molecule has 0 N–H and O–H groups in total. The normalized spacial score (nSPS) is 19.4. The summed E-state index contributed by atoms with van der Waals surface area (Å²) in [5, 5.41) is 0. The zero-order valence-corrected chi connectivity index (χ0v) is 19.6. The molecule has 4 nitrogen and oxygen atoms in total. The van der Waals surface area contributed by atoms with Crippen molar-refractivity contribution in [1.82, 2.24) is 9.80 Å². The Morgan fingerprint density at radius 2 is 1.66 bits per heavy atom. The van der Waals surface area contributed by atoms with Crippen LogP contribution in [0.25, 0.3) is 0 Å². The molecule has 1 aromatic carbocycles. The van der Waals surface area contributed by atoms with E-state index in [2.05, 4.69) is 46.7 Å². The lowest BCUT2D eigenvalue weighted by Crippen LogP contribution is -2.47. The lowest BCUT2D eigenvalue weighted by atomic mass is 9.93. The molecule has 2 aliphatic rings. The van der Waals surface area contributed by atoms with Crippen molar-refractivity contribution >= 4 is 23.9 Å². The molecule has 2 heterocycles. The number of anilines is 1. The van der Waals surface area contributed by atoms with E-state index in [0.29, 0.717) is 12.3 Å². The van der Waals surface area contributed by atoms with Gasteiger partial charge < -0.3 is 4.90 Å². The fourth-order valence-electron chi connectivity index (χ4n) is 4.49. The van der Waals surface area contributed by atoms with Crippen LogP contribution in [0.2, 0.25) is 0 Å². The Bertz CT molecular complexity index is 648. The molecule has 0 aliphatic carbocycles. The van der Waals surface area contributed by atoms with Gasteiger partial charge in [-0.2, -0.15) is 0 Å². The third-order valence-electron chi connectivity index (χ3n) is 6.87. The van der Waals surface area contributed by atoms with Gasteiger partial charge in [0.05, 0.1) is 6.54 Å². The number of halogens is 1. The largest absolute Gasteiger partial charge is 0.369 e. The summed E-state index contributed by atoms with van der Waals surface area (Å²) in [6.07, 6.45) is 3.83. The summed E-state index contributed by atoms with van der Waals surface area (Å²) in [6.45, 7) is 17.2. The highest BCUT2D eigenvalue weighted by atomic mass is 35.5. The minimum Gasteiger partial charge on any atom is -0.369 e. The van der Waals surface area contributed by atoms with Crippen LogP contribution in [0.3, 0.4) is 0 Å². The highest BCUT2D eigenvalue weighted by Crippen LogP contribution is 2.25. The lowest BCUT2D eigenvalue weighted by molar-refractivity contribution is -0.123. The quantitative estimate of drug-likeness (QED) is 0.660. The SMILES string of the molecule is Cc1cccc(N2CCN(CCC3CCN(CC(=O)C(C)C)CC3)CC2)c1C.Cl. The van der Waals surface area contributed by atoms with Gasteiger partial charge in [0, 0.05) is 37.8 Å². The molecule has 0 saturated carbocycles. The third-order valence-corrected chi connectivity index (χ3v) is 6.87. The van der Waals surface area contributed by atoms with Crippen LogP contribution in [0, 0.1) is 25.7 Å². The van der Waals surface area contributed by atoms with Crippen molar-refractivity contribution in [1.29, 1.82) is 0 Å². The maximum atomic E-state index is 11.9. The van der Waals surface area contributed by atoms with Crippen LogP contribution < -0.4 is 4.90 Å². The van der Waals surface area contributed by atoms with E-state index in [4.69, 9.17) is 0 Å². The highest BCUT2D eigenvalue weighted by Gasteiger charge is 2.23. The average Bonchev–Trinajstić information content (AvgIpc) is 2.70. The number of benzene rings is 1. The molecule has 5 heteroatoms. The van der Waals surface area contributed by atoms with Crippen LogP contribution in [-0.2, 0) is 4.79 Å². The van der Waals surface area contributed by atoms with Gasteiger partial charge in [-0.05, 0) is 75.9 Å². The molecular formula is C24H40ClN3O. The molecule has 0 bridgehead atoms. The van der Waals surface area contributed by atoms with Crippen LogP contribution in [0.15, 0.2) is 18.2 Å². The fraction of sp³-hybridized carbons (Fsp3) is 0.708. The molecule has 0 radical (unpaired) electrons. The number of carbonyl (C=O) groups is 1. The van der Waals surface area contributed by atoms with Crippen LogP contribution >= 0.6 is 12.4 Å². The number of piperidine rings is 1. The minimum atomic E-state index is 0. The van der Waals surface area contributed by atoms with Gasteiger partial charge in [-0.3, -0.25) is 14.6 Å². The Morgan fingerprint density at radius 1 is 1.00 bits per heavy atom. The van der Waals surface area contributed by atoms with Crippen molar-refractivity contribution in [2.24, 2.45) is 11.8 Å². The minimum absolute atomic E-state index is 0. The van der Waals surface area contributed by atoms with Gasteiger partial charge in [-0.25, -0.2) is 0 Å². The van der Waals surface area contributed by atoms with Gasteiger partial charge in [-0.1, -0.05) is 26.0 Å². The number of carbonyl (C=O) groups excluding carboxylic acids is 1. The molecule has 0 unspecified atom stereocenters. The van der Waals surface area contributed by atoms with E-state index in [-0.39, 0.29) is 18.3 Å². The van der Waals surface area contributed by atoms with Gasteiger partial charge in [-0.15, -0.1) is 12.4 Å². The number of hydrogen-bond acceptors (Lipinski definition) is 4. The third kappa shape index (κ3) is 6.70. The number of rotatable bonds is 7. The molecule has 2 fully saturated rings. The van der Waals surface area contributed by atoms with Gasteiger partial charge in [0.15, 0.2) is 0 Å². The first-order valence-corrected chi connectivity index (χ1v) is 11.2. The van der Waals surface area contributed by atoms with E-state index >= 15 is 0 Å². The van der Waals surface area contributed by atoms with E-state index in [9.17, 15) is 4.79 Å². The smallest absolute Gasteiger partial charge is 0.149 e. The van der Waals surface area contributed by atoms with E-state index < -0.39 is 0 Å². The van der Waals surface area contributed by atoms with Gasteiger partial charge in [0.2, 0.25) is 0 Å². The molecule has 1 aromatic rings. The molecule has 0 spiro atoms. The van der Waals surface area contributed by atoms with E-state index in [1.54, 1.807) is 0 Å². The number of ketones is 1. The molecule has 0 atom stereocenters. The first-order chi connectivity index (χ1) is 13.4. The van der Waals surface area contributed by atoms with E-state index in [1.807, 2.05) is 13.8 Å². The van der Waals surface area contributed by atoms with E-state index in [0.717, 1.165) is 32.1 Å². The lowest BCUT2D eigenvalue weighted by Gasteiger charge is -2.38. The van der Waals surface area contributed by atoms with Crippen LogP contribution in [0.1, 0.15) is 44.2 Å². The predicted octanol–water partition coefficient (Wildman–Crippen LogP) is 4.17. The van der Waals surface area contributed by atoms with Crippen molar-refractivity contribution in [3.05, 3.63) is 29.3 Å². The van der Waals surface area contributed by atoms with Crippen LogP contribution in [0.4, 0.5) is 5.69 Å². The Morgan fingerprint density at radius 3 is 2.28 bits per heavy atom. The Hall–Kier alpha value is -1.10. The summed E-state index contributed by atoms with van der Waals surface area (Å²) in [6, 6.07) is 6.67. The molecule has 0 amide bonds. The Balaban J connectivity index is 0.00000300. The summed E-state index contributed by atoms with van der Waals surface area (Å²) in [5.41, 5.74) is 4.24. The standard InChI is InChI=1S/C24H39N3O.ClH/c1-19(2)24(28)18-26-12-9-22(10-13-26)8-11-25-14-16-27(17-15-25)23-7-5-6-20(3)21(23)4;/h5-7,19,22H,8-18H2,1-4H3;1H. The second-order valence-corrected chi connectivity index (χ2v) is 9.18. The number of piperazine rings is 1. The Kier molecular flexibility index (Phi) is 9.45. The van der Waals surface area contributed by atoms with Crippen molar-refractivity contribution in [2.45, 2.75) is 47.0 Å². The summed E-state index contributed by atoms with van der Waals surface area (Å²) >= 11 is 0. The van der Waals surface area contributed by atoms with Crippen molar-refractivity contribution in [3.8, 4) is 0 Å². The highest BCUT2D eigenvalue weighted by molar-refractivity contribution is 5.85. The topological polar surface area (TPSA) is 26.8 Å². The van der Waals surface area contributed by atoms with Gasteiger partial charge in [0.1, 0.15) is 5.78 Å². The zero-order chi connectivity index (χ0) is 20.1. The zero-order valence-electron chi connectivity index (χ0n) is 18.8. The molecule has 164 valence electrons. The van der Waals surface area contributed by atoms with Crippen LogP contribution in [0.5, 0.6) is 0 Å². The summed E-state index contributed by atoms with van der Waals surface area (Å²) in [7, 11) is 0. The average molecular weight is 422 g/mol. The number of nitrogens with zero attached hydrogens (tertiary/aromatic N) is 3. The predicted molar refractivity (Wildman–Crippen MR) is 125 cm³/mol. The monoisotopic (exact) mass is 421 g/mol. The summed E-state index contributed by atoms with van der Waals surface area (Å²) in [5.74, 6) is 1.39. The number of hydrogen-bond donors (Lipinski definition) is 0. The number of likely N-dealkylation sites (tertiary alicyclic amines) is 1. The second kappa shape index (κ2) is 11.3. The maximum absolute atomic E-state index is 11.9. The summed E-state index contributed by atoms with van der Waals surface area (Å²) in [4.78, 5) is 19.5. The summed E-state index contributed by atoms with van der Waals surface area (Å²) < 4.78 is 0. The molecule has 2 saturated heterocycles. The first kappa shape index (κ1) is 24.2. The molecule has 29 heavy (non-hydrogen) atoms. The fourth-order valence-corrected chi connectivity index (χ4v) is 4.49. The van der Waals surface area contributed by atoms with Crippen molar-refractivity contribution < 1.29 is 4.79 Å². The Labute approximate surface area is 184 Å². The van der Waals surface area contributed by atoms with E-state index in [1.165, 1.54) is 55.7 Å². The molecule has 3 rings (SSSR count). The first-order valence-electron chi connectivity index (χ1n) is 11.2. The van der Waals surface area contributed by atoms with Crippen molar-refractivity contribution in [3.63, 3.8) is 0 Å². The van der Waals surface area contributed by atoms with Crippen LogP contribution in [-0.4, -0.2) is 67.9 Å². The molecular weight excluding hydrogens is 382 g/mol. The van der Waals surface area contributed by atoms with Crippen molar-refractivity contribution in [2.75, 3.05) is 57.3 Å². The number of aryl methyl sites for hydroxylation is 1. The molecule has 0 aromatic heterocycles. The number of Topliss-reactive ketones (excluding diaryl/α,β-unsaturated/α-hetero) is 1.